The second kappa shape index (κ2) is 4.98. The third kappa shape index (κ3) is 2.33. The standard InChI is InChI=1S/C16H18N2O3/c1-3-10-8-12(10)18-15(20)13(14(19)17-16(18)21)11-6-4-5-9(2)7-11/h4-7,10,12-13H,3,8H2,1-2H3,(H,17,19,21). The molecule has 3 rings (SSSR count). The van der Waals surface area contributed by atoms with Crippen molar-refractivity contribution in [2.45, 2.75) is 38.6 Å². The summed E-state index contributed by atoms with van der Waals surface area (Å²) in [5.41, 5.74) is 1.62. The first-order chi connectivity index (χ1) is 10.0. The number of carbonyl (C=O) groups excluding carboxylic acids is 3. The van der Waals surface area contributed by atoms with Gasteiger partial charge in [-0.1, -0.05) is 43.2 Å². The van der Waals surface area contributed by atoms with Gasteiger partial charge in [-0.15, -0.1) is 0 Å². The number of imide groups is 2. The van der Waals surface area contributed by atoms with Crippen LogP contribution >= 0.6 is 0 Å². The topological polar surface area (TPSA) is 66.5 Å². The van der Waals surface area contributed by atoms with E-state index in [0.29, 0.717) is 11.5 Å². The molecule has 3 unspecified atom stereocenters. The molecular formula is C16H18N2O3. The molecular weight excluding hydrogens is 268 g/mol. The van der Waals surface area contributed by atoms with Crippen LogP contribution in [0.4, 0.5) is 4.79 Å². The second-order valence-electron chi connectivity index (χ2n) is 5.82. The summed E-state index contributed by atoms with van der Waals surface area (Å²) in [6.45, 7) is 3.95. The molecule has 0 spiro atoms. The highest BCUT2D eigenvalue weighted by Gasteiger charge is 2.51. The zero-order valence-corrected chi connectivity index (χ0v) is 12.1. The molecule has 4 amide bonds. The van der Waals surface area contributed by atoms with E-state index in [4.69, 9.17) is 0 Å². The summed E-state index contributed by atoms with van der Waals surface area (Å²) >= 11 is 0. The number of nitrogens with one attached hydrogen (secondary N) is 1. The highest BCUT2D eigenvalue weighted by molar-refractivity contribution is 6.19. The Bertz CT molecular complexity index is 626. The van der Waals surface area contributed by atoms with E-state index in [2.05, 4.69) is 5.32 Å². The van der Waals surface area contributed by atoms with Crippen LogP contribution in [0, 0.1) is 12.8 Å². The Hall–Kier alpha value is -2.17. The fourth-order valence-corrected chi connectivity index (χ4v) is 3.03. The molecule has 21 heavy (non-hydrogen) atoms. The van der Waals surface area contributed by atoms with Crippen molar-refractivity contribution in [2.75, 3.05) is 0 Å². The van der Waals surface area contributed by atoms with Crippen molar-refractivity contribution in [3.05, 3.63) is 35.4 Å². The van der Waals surface area contributed by atoms with E-state index in [1.807, 2.05) is 32.0 Å². The molecule has 1 saturated carbocycles. The van der Waals surface area contributed by atoms with Gasteiger partial charge in [-0.2, -0.15) is 0 Å². The molecule has 5 heteroatoms. The number of urea groups is 1. The Balaban J connectivity index is 1.92. The van der Waals surface area contributed by atoms with Crippen molar-refractivity contribution in [1.82, 2.24) is 10.2 Å². The first-order valence-electron chi connectivity index (χ1n) is 7.27. The zero-order valence-electron chi connectivity index (χ0n) is 12.1. The Morgan fingerprint density at radius 2 is 2.05 bits per heavy atom. The van der Waals surface area contributed by atoms with Gasteiger partial charge in [0.2, 0.25) is 11.8 Å². The van der Waals surface area contributed by atoms with Crippen LogP contribution < -0.4 is 5.32 Å². The average Bonchev–Trinajstić information content (AvgIpc) is 3.17. The molecule has 5 nitrogen and oxygen atoms in total. The van der Waals surface area contributed by atoms with Gasteiger partial charge in [-0.25, -0.2) is 4.79 Å². The summed E-state index contributed by atoms with van der Waals surface area (Å²) < 4.78 is 0. The van der Waals surface area contributed by atoms with Crippen molar-refractivity contribution in [1.29, 1.82) is 0 Å². The Morgan fingerprint density at radius 1 is 1.29 bits per heavy atom. The number of nitrogens with zero attached hydrogens (tertiary/aromatic N) is 1. The molecule has 2 fully saturated rings. The predicted octanol–water partition coefficient (Wildman–Crippen LogP) is 1.96. The SMILES string of the molecule is CCC1CC1N1C(=O)NC(=O)C(c2cccc(C)c2)C1=O. The van der Waals surface area contributed by atoms with Gasteiger partial charge >= 0.3 is 6.03 Å². The number of aryl methyl sites for hydroxylation is 1. The van der Waals surface area contributed by atoms with Gasteiger partial charge in [0.05, 0.1) is 0 Å². The third-order valence-corrected chi connectivity index (χ3v) is 4.31. The summed E-state index contributed by atoms with van der Waals surface area (Å²) in [5, 5.41) is 2.32. The van der Waals surface area contributed by atoms with Crippen molar-refractivity contribution in [3.63, 3.8) is 0 Å². The summed E-state index contributed by atoms with van der Waals surface area (Å²) in [7, 11) is 0. The van der Waals surface area contributed by atoms with Gasteiger partial charge in [0.15, 0.2) is 0 Å². The molecule has 1 heterocycles. The minimum absolute atomic E-state index is 0.0529. The lowest BCUT2D eigenvalue weighted by atomic mass is 9.93. The largest absolute Gasteiger partial charge is 0.331 e. The van der Waals surface area contributed by atoms with E-state index in [1.54, 1.807) is 6.07 Å². The van der Waals surface area contributed by atoms with Gasteiger partial charge in [0.25, 0.3) is 0 Å². The second-order valence-corrected chi connectivity index (χ2v) is 5.82. The first kappa shape index (κ1) is 13.8. The van der Waals surface area contributed by atoms with Crippen LogP contribution in [-0.2, 0) is 9.59 Å². The lowest BCUT2D eigenvalue weighted by Gasteiger charge is -2.30. The van der Waals surface area contributed by atoms with E-state index in [0.717, 1.165) is 18.4 Å². The minimum atomic E-state index is -0.916. The van der Waals surface area contributed by atoms with Gasteiger partial charge < -0.3 is 0 Å². The molecule has 110 valence electrons. The van der Waals surface area contributed by atoms with Gasteiger partial charge in [0.1, 0.15) is 5.92 Å². The molecule has 0 radical (unpaired) electrons. The predicted molar refractivity (Wildman–Crippen MR) is 76.5 cm³/mol. The van der Waals surface area contributed by atoms with E-state index < -0.39 is 23.8 Å². The van der Waals surface area contributed by atoms with Crippen molar-refractivity contribution in [2.24, 2.45) is 5.92 Å². The summed E-state index contributed by atoms with van der Waals surface area (Å²) in [6, 6.07) is 6.68. The molecule has 0 bridgehead atoms. The Kier molecular flexibility index (Phi) is 3.27. The lowest BCUT2D eigenvalue weighted by Crippen LogP contribution is -2.57. The first-order valence-corrected chi connectivity index (χ1v) is 7.27. The third-order valence-electron chi connectivity index (χ3n) is 4.31. The molecule has 1 aliphatic heterocycles. The van der Waals surface area contributed by atoms with Crippen LogP contribution in [0.15, 0.2) is 24.3 Å². The van der Waals surface area contributed by atoms with Crippen LogP contribution in [0.1, 0.15) is 36.8 Å². The normalized spacial score (nSPS) is 28.6. The zero-order chi connectivity index (χ0) is 15.1. The highest BCUT2D eigenvalue weighted by Crippen LogP contribution is 2.40. The fraction of sp³-hybridized carbons (Fsp3) is 0.438. The number of benzene rings is 1. The Morgan fingerprint density at radius 3 is 2.67 bits per heavy atom. The number of rotatable bonds is 3. The molecule has 3 atom stereocenters. The quantitative estimate of drug-likeness (QED) is 0.864. The van der Waals surface area contributed by atoms with Crippen LogP contribution in [-0.4, -0.2) is 28.8 Å². The van der Waals surface area contributed by atoms with Gasteiger partial charge in [-0.3, -0.25) is 19.8 Å². The molecule has 2 aliphatic rings. The highest BCUT2D eigenvalue weighted by atomic mass is 16.2. The van der Waals surface area contributed by atoms with Crippen LogP contribution in [0.2, 0.25) is 0 Å². The van der Waals surface area contributed by atoms with Crippen LogP contribution in [0.25, 0.3) is 0 Å². The number of hydrogen-bond acceptors (Lipinski definition) is 3. The van der Waals surface area contributed by atoms with Crippen molar-refractivity contribution in [3.8, 4) is 0 Å². The van der Waals surface area contributed by atoms with Crippen LogP contribution in [0.5, 0.6) is 0 Å². The smallest absolute Gasteiger partial charge is 0.277 e. The van der Waals surface area contributed by atoms with E-state index >= 15 is 0 Å². The number of hydrogen-bond donors (Lipinski definition) is 1. The van der Waals surface area contributed by atoms with E-state index in [-0.39, 0.29) is 6.04 Å². The maximum absolute atomic E-state index is 12.6. The molecule has 1 aliphatic carbocycles. The molecule has 1 aromatic carbocycles. The molecule has 1 saturated heterocycles. The number of carbonyl (C=O) groups is 3. The minimum Gasteiger partial charge on any atom is -0.277 e. The van der Waals surface area contributed by atoms with E-state index in [1.165, 1.54) is 4.90 Å². The fourth-order valence-electron chi connectivity index (χ4n) is 3.03. The molecule has 0 aromatic heterocycles. The average molecular weight is 286 g/mol. The van der Waals surface area contributed by atoms with Crippen molar-refractivity contribution >= 4 is 17.8 Å². The summed E-state index contributed by atoms with van der Waals surface area (Å²) in [5.74, 6) is -1.47. The van der Waals surface area contributed by atoms with Gasteiger partial charge in [0, 0.05) is 6.04 Å². The molecule has 1 N–H and O–H groups in total. The maximum Gasteiger partial charge on any atom is 0.331 e. The lowest BCUT2D eigenvalue weighted by molar-refractivity contribution is -0.139. The van der Waals surface area contributed by atoms with Crippen LogP contribution in [0.3, 0.4) is 0 Å². The van der Waals surface area contributed by atoms with Gasteiger partial charge in [-0.05, 0) is 24.8 Å². The summed E-state index contributed by atoms with van der Waals surface area (Å²) in [6.07, 6.45) is 1.77. The Labute approximate surface area is 123 Å². The number of amides is 4. The monoisotopic (exact) mass is 286 g/mol. The summed E-state index contributed by atoms with van der Waals surface area (Å²) in [4.78, 5) is 38.0. The van der Waals surface area contributed by atoms with E-state index in [9.17, 15) is 14.4 Å². The maximum atomic E-state index is 12.6. The van der Waals surface area contributed by atoms with Crippen molar-refractivity contribution < 1.29 is 14.4 Å². The number of barbiturate groups is 1. The molecule has 1 aromatic rings.